The molecule has 0 radical (unpaired) electrons. The van der Waals surface area contributed by atoms with Gasteiger partial charge in [0.1, 0.15) is 5.52 Å². The lowest BCUT2D eigenvalue weighted by atomic mass is 10.1. The minimum atomic E-state index is -0.304. The van der Waals surface area contributed by atoms with Gasteiger partial charge in [-0.25, -0.2) is 5.48 Å². The first-order valence-corrected chi connectivity index (χ1v) is 5.80. The number of hydrogen-bond donors (Lipinski definition) is 1. The van der Waals surface area contributed by atoms with Crippen LogP contribution in [-0.4, -0.2) is 22.5 Å². The van der Waals surface area contributed by atoms with Crippen molar-refractivity contribution in [1.82, 2.24) is 15.4 Å². The Morgan fingerprint density at radius 3 is 2.89 bits per heavy atom. The van der Waals surface area contributed by atoms with Crippen molar-refractivity contribution in [2.24, 2.45) is 5.92 Å². The van der Waals surface area contributed by atoms with Crippen LogP contribution < -0.4 is 5.48 Å². The molecule has 0 aliphatic rings. The molecule has 1 N–H and O–H groups in total. The largest absolute Gasteiger partial charge is 0.277 e. The molecule has 0 saturated heterocycles. The summed E-state index contributed by atoms with van der Waals surface area (Å²) in [6, 6.07) is 5.29. The van der Waals surface area contributed by atoms with Crippen LogP contribution in [-0.2, 0) is 4.84 Å². The second kappa shape index (κ2) is 5.55. The molecule has 5 heteroatoms. The van der Waals surface area contributed by atoms with E-state index in [2.05, 4.69) is 15.4 Å². The Bertz CT molecular complexity index is 549. The summed E-state index contributed by atoms with van der Waals surface area (Å²) in [6.07, 6.45) is 3.16. The van der Waals surface area contributed by atoms with Gasteiger partial charge >= 0.3 is 0 Å². The van der Waals surface area contributed by atoms with Crippen molar-refractivity contribution in [3.63, 3.8) is 0 Å². The summed E-state index contributed by atoms with van der Waals surface area (Å²) in [4.78, 5) is 25.4. The lowest BCUT2D eigenvalue weighted by Crippen LogP contribution is -2.25. The predicted molar refractivity (Wildman–Crippen MR) is 67.8 cm³/mol. The first kappa shape index (κ1) is 12.4. The van der Waals surface area contributed by atoms with Gasteiger partial charge in [0.15, 0.2) is 0 Å². The highest BCUT2D eigenvalue weighted by atomic mass is 16.6. The molecule has 0 spiro atoms. The summed E-state index contributed by atoms with van der Waals surface area (Å²) in [7, 11) is 0. The van der Waals surface area contributed by atoms with Crippen LogP contribution in [0.5, 0.6) is 0 Å². The monoisotopic (exact) mass is 245 g/mol. The second-order valence-corrected chi connectivity index (χ2v) is 4.37. The molecule has 0 saturated carbocycles. The van der Waals surface area contributed by atoms with Crippen molar-refractivity contribution in [2.75, 3.05) is 6.61 Å². The molecule has 0 atom stereocenters. The average Bonchev–Trinajstić information content (AvgIpc) is 2.37. The molecule has 2 rings (SSSR count). The van der Waals surface area contributed by atoms with Crippen LogP contribution in [0, 0.1) is 5.92 Å². The number of carbonyl (C=O) groups is 1. The highest BCUT2D eigenvalue weighted by Crippen LogP contribution is 2.13. The quantitative estimate of drug-likeness (QED) is 0.836. The highest BCUT2D eigenvalue weighted by Gasteiger charge is 2.11. The Labute approximate surface area is 105 Å². The van der Waals surface area contributed by atoms with Crippen LogP contribution in [0.2, 0.25) is 0 Å². The third-order valence-corrected chi connectivity index (χ3v) is 2.32. The van der Waals surface area contributed by atoms with E-state index in [0.717, 1.165) is 0 Å². The van der Waals surface area contributed by atoms with Gasteiger partial charge in [-0.2, -0.15) is 0 Å². The zero-order valence-corrected chi connectivity index (χ0v) is 10.4. The zero-order valence-electron chi connectivity index (χ0n) is 10.4. The van der Waals surface area contributed by atoms with Crippen LogP contribution in [0.3, 0.4) is 0 Å². The van der Waals surface area contributed by atoms with E-state index in [1.165, 1.54) is 0 Å². The van der Waals surface area contributed by atoms with E-state index < -0.39 is 0 Å². The average molecular weight is 245 g/mol. The maximum atomic E-state index is 11.9. The number of para-hydroxylation sites is 1. The van der Waals surface area contributed by atoms with Gasteiger partial charge < -0.3 is 0 Å². The number of nitrogens with zero attached hydrogens (tertiary/aromatic N) is 2. The van der Waals surface area contributed by atoms with Crippen molar-refractivity contribution < 1.29 is 9.63 Å². The van der Waals surface area contributed by atoms with Gasteiger partial charge in [-0.1, -0.05) is 19.9 Å². The molecular weight excluding hydrogens is 230 g/mol. The van der Waals surface area contributed by atoms with E-state index in [0.29, 0.717) is 29.1 Å². The molecule has 0 unspecified atom stereocenters. The number of carbonyl (C=O) groups excluding carboxylic acids is 1. The molecule has 0 aliphatic heterocycles. The van der Waals surface area contributed by atoms with Crippen molar-refractivity contribution in [1.29, 1.82) is 0 Å². The molecule has 1 aromatic carbocycles. The van der Waals surface area contributed by atoms with Gasteiger partial charge in [0.25, 0.3) is 5.91 Å². The Morgan fingerprint density at radius 2 is 2.11 bits per heavy atom. The fourth-order valence-electron chi connectivity index (χ4n) is 1.50. The smallest absolute Gasteiger partial charge is 0.273 e. The molecule has 0 fully saturated rings. The summed E-state index contributed by atoms with van der Waals surface area (Å²) in [6.45, 7) is 4.49. The maximum absolute atomic E-state index is 11.9. The van der Waals surface area contributed by atoms with Crippen LogP contribution in [0.4, 0.5) is 0 Å². The molecule has 0 aliphatic carbocycles. The first-order chi connectivity index (χ1) is 8.68. The Kier molecular flexibility index (Phi) is 3.84. The lowest BCUT2D eigenvalue weighted by molar-refractivity contribution is 0.0210. The van der Waals surface area contributed by atoms with E-state index in [9.17, 15) is 4.79 Å². The molecule has 94 valence electrons. The van der Waals surface area contributed by atoms with Gasteiger partial charge in [-0.05, 0) is 18.1 Å². The van der Waals surface area contributed by atoms with E-state index >= 15 is 0 Å². The number of amides is 1. The number of rotatable bonds is 4. The van der Waals surface area contributed by atoms with Crippen molar-refractivity contribution in [2.45, 2.75) is 13.8 Å². The Hall–Kier alpha value is -2.01. The number of benzene rings is 1. The summed E-state index contributed by atoms with van der Waals surface area (Å²) in [5.41, 5.74) is 4.14. The van der Waals surface area contributed by atoms with E-state index in [1.54, 1.807) is 24.5 Å². The molecule has 5 nitrogen and oxygen atoms in total. The van der Waals surface area contributed by atoms with Crippen molar-refractivity contribution in [3.8, 4) is 0 Å². The Balaban J connectivity index is 2.17. The van der Waals surface area contributed by atoms with Crippen LogP contribution >= 0.6 is 0 Å². The number of hydroxylamine groups is 1. The standard InChI is InChI=1S/C13H15N3O2/c1-9(2)8-18-16-13(17)10-4-3-5-11-12(10)15-7-6-14-11/h3-7,9H,8H2,1-2H3,(H,16,17). The fraction of sp³-hybridized carbons (Fsp3) is 0.308. The maximum Gasteiger partial charge on any atom is 0.277 e. The minimum absolute atomic E-state index is 0.304. The van der Waals surface area contributed by atoms with E-state index in [1.807, 2.05) is 19.9 Å². The summed E-state index contributed by atoms with van der Waals surface area (Å²) in [5, 5.41) is 0. The molecule has 1 aromatic heterocycles. The lowest BCUT2D eigenvalue weighted by Gasteiger charge is -2.08. The third-order valence-electron chi connectivity index (χ3n) is 2.32. The van der Waals surface area contributed by atoms with Crippen LogP contribution in [0.15, 0.2) is 30.6 Å². The van der Waals surface area contributed by atoms with Crippen molar-refractivity contribution in [3.05, 3.63) is 36.2 Å². The van der Waals surface area contributed by atoms with Crippen LogP contribution in [0.25, 0.3) is 11.0 Å². The van der Waals surface area contributed by atoms with Gasteiger partial charge in [-0.3, -0.25) is 19.6 Å². The third kappa shape index (κ3) is 2.81. The SMILES string of the molecule is CC(C)CONC(=O)c1cccc2nccnc12. The molecule has 0 bridgehead atoms. The normalized spacial score (nSPS) is 10.8. The topological polar surface area (TPSA) is 64.1 Å². The van der Waals surface area contributed by atoms with E-state index in [4.69, 9.17) is 4.84 Å². The number of aromatic nitrogens is 2. The summed E-state index contributed by atoms with van der Waals surface area (Å²) >= 11 is 0. The molecule has 1 amide bonds. The van der Waals surface area contributed by atoms with Crippen LogP contribution in [0.1, 0.15) is 24.2 Å². The highest BCUT2D eigenvalue weighted by molar-refractivity contribution is 6.04. The van der Waals surface area contributed by atoms with Crippen molar-refractivity contribution >= 4 is 16.9 Å². The number of nitrogens with one attached hydrogen (secondary N) is 1. The van der Waals surface area contributed by atoms with Gasteiger partial charge in [0.2, 0.25) is 0 Å². The first-order valence-electron chi connectivity index (χ1n) is 5.80. The fourth-order valence-corrected chi connectivity index (χ4v) is 1.50. The predicted octanol–water partition coefficient (Wildman–Crippen LogP) is 1.95. The number of hydrogen-bond acceptors (Lipinski definition) is 4. The minimum Gasteiger partial charge on any atom is -0.273 e. The van der Waals surface area contributed by atoms with Gasteiger partial charge in [-0.15, -0.1) is 0 Å². The second-order valence-electron chi connectivity index (χ2n) is 4.37. The summed E-state index contributed by atoms with van der Waals surface area (Å²) < 4.78 is 0. The van der Waals surface area contributed by atoms with Gasteiger partial charge in [0.05, 0.1) is 17.7 Å². The number of fused-ring (bicyclic) bond motifs is 1. The van der Waals surface area contributed by atoms with Gasteiger partial charge in [0, 0.05) is 12.4 Å². The molecule has 18 heavy (non-hydrogen) atoms. The van der Waals surface area contributed by atoms with E-state index in [-0.39, 0.29) is 5.91 Å². The zero-order chi connectivity index (χ0) is 13.0. The molecule has 2 aromatic rings. The molecular formula is C13H15N3O2. The Morgan fingerprint density at radius 1 is 1.33 bits per heavy atom. The summed E-state index contributed by atoms with van der Waals surface area (Å²) in [5.74, 6) is 0.0550. The molecule has 1 heterocycles.